The summed E-state index contributed by atoms with van der Waals surface area (Å²) in [6, 6.07) is 13.1. The first-order chi connectivity index (χ1) is 9.29. The van der Waals surface area contributed by atoms with Gasteiger partial charge < -0.3 is 4.57 Å². The van der Waals surface area contributed by atoms with E-state index in [4.69, 9.17) is 0 Å². The molecule has 19 heavy (non-hydrogen) atoms. The molecular weight excluding hydrogens is 232 g/mol. The van der Waals surface area contributed by atoms with Crippen LogP contribution in [0.5, 0.6) is 0 Å². The number of hydrogen-bond acceptors (Lipinski definition) is 1. The molecule has 98 valence electrons. The number of fused-ring (bicyclic) bond motifs is 3. The van der Waals surface area contributed by atoms with Crippen LogP contribution in [0.4, 0.5) is 0 Å². The van der Waals surface area contributed by atoms with Crippen molar-refractivity contribution in [3.8, 4) is 5.69 Å². The van der Waals surface area contributed by atoms with E-state index in [0.29, 0.717) is 0 Å². The Kier molecular flexibility index (Phi) is 2.36. The smallest absolute Gasteiger partial charge is 0.0452 e. The van der Waals surface area contributed by atoms with Crippen molar-refractivity contribution in [1.29, 1.82) is 0 Å². The topological polar surface area (TPSA) is 8.17 Å². The van der Waals surface area contributed by atoms with Crippen LogP contribution in [0.2, 0.25) is 0 Å². The molecule has 0 aliphatic carbocycles. The highest BCUT2D eigenvalue weighted by Crippen LogP contribution is 2.43. The minimum Gasteiger partial charge on any atom is -0.321 e. The van der Waals surface area contributed by atoms with Gasteiger partial charge in [-0.2, -0.15) is 0 Å². The molecule has 0 N–H and O–H groups in total. The van der Waals surface area contributed by atoms with Crippen LogP contribution >= 0.6 is 0 Å². The largest absolute Gasteiger partial charge is 0.321 e. The fraction of sp³-hybridized carbons (Fsp3) is 0.412. The van der Waals surface area contributed by atoms with Crippen molar-refractivity contribution >= 4 is 0 Å². The summed E-state index contributed by atoms with van der Waals surface area (Å²) in [6.07, 6.45) is 6.07. The summed E-state index contributed by atoms with van der Waals surface area (Å²) in [7, 11) is 0. The summed E-state index contributed by atoms with van der Waals surface area (Å²) >= 11 is 0. The first-order valence-corrected chi connectivity index (χ1v) is 7.30. The molecule has 2 aliphatic rings. The van der Waals surface area contributed by atoms with Crippen molar-refractivity contribution in [2.75, 3.05) is 13.1 Å². The van der Waals surface area contributed by atoms with Gasteiger partial charge in [-0.25, -0.2) is 0 Å². The normalized spacial score (nSPS) is 26.2. The van der Waals surface area contributed by atoms with Gasteiger partial charge >= 0.3 is 0 Å². The van der Waals surface area contributed by atoms with Gasteiger partial charge in [-0.3, -0.25) is 4.90 Å². The Hall–Kier alpha value is -1.54. The number of para-hydroxylation sites is 1. The number of hydrogen-bond donors (Lipinski definition) is 0. The average molecular weight is 252 g/mol. The highest BCUT2D eigenvalue weighted by atomic mass is 15.2. The number of rotatable bonds is 1. The SMILES string of the molecule is CC12CCCN1CCc1c2ccn1-c1ccccc1. The molecular formula is C17H20N2. The van der Waals surface area contributed by atoms with Crippen LogP contribution in [0.15, 0.2) is 42.6 Å². The molecule has 1 aromatic heterocycles. The van der Waals surface area contributed by atoms with Crippen molar-refractivity contribution < 1.29 is 0 Å². The maximum Gasteiger partial charge on any atom is 0.0452 e. The van der Waals surface area contributed by atoms with Crippen LogP contribution < -0.4 is 0 Å². The Morgan fingerprint density at radius 3 is 2.74 bits per heavy atom. The van der Waals surface area contributed by atoms with Gasteiger partial charge in [-0.15, -0.1) is 0 Å². The summed E-state index contributed by atoms with van der Waals surface area (Å²) in [4.78, 5) is 2.67. The van der Waals surface area contributed by atoms with Crippen LogP contribution in [-0.4, -0.2) is 22.6 Å². The highest BCUT2D eigenvalue weighted by molar-refractivity contribution is 5.42. The molecule has 1 fully saturated rings. The molecule has 2 nitrogen and oxygen atoms in total. The molecule has 1 unspecified atom stereocenters. The van der Waals surface area contributed by atoms with Gasteiger partial charge in [0.1, 0.15) is 0 Å². The molecule has 0 amide bonds. The number of benzene rings is 1. The Morgan fingerprint density at radius 2 is 1.89 bits per heavy atom. The molecule has 1 aromatic carbocycles. The average Bonchev–Trinajstić information content (AvgIpc) is 3.02. The maximum absolute atomic E-state index is 2.67. The molecule has 0 saturated carbocycles. The zero-order chi connectivity index (χ0) is 12.9. The number of nitrogens with zero attached hydrogens (tertiary/aromatic N) is 2. The van der Waals surface area contributed by atoms with Crippen LogP contribution in [0.1, 0.15) is 31.0 Å². The van der Waals surface area contributed by atoms with E-state index in [0.717, 1.165) is 0 Å². The van der Waals surface area contributed by atoms with Gasteiger partial charge in [0.15, 0.2) is 0 Å². The summed E-state index contributed by atoms with van der Waals surface area (Å²) < 4.78 is 2.39. The zero-order valence-electron chi connectivity index (χ0n) is 11.5. The maximum atomic E-state index is 2.67. The van der Waals surface area contributed by atoms with Crippen LogP contribution in [-0.2, 0) is 12.0 Å². The molecule has 0 radical (unpaired) electrons. The molecule has 0 bridgehead atoms. The van der Waals surface area contributed by atoms with Gasteiger partial charge in [0, 0.05) is 36.1 Å². The summed E-state index contributed by atoms with van der Waals surface area (Å²) in [5.41, 5.74) is 4.65. The third kappa shape index (κ3) is 1.53. The Labute approximate surface area is 114 Å². The number of aromatic nitrogens is 1. The van der Waals surface area contributed by atoms with Gasteiger partial charge in [-0.05, 0) is 50.1 Å². The molecule has 4 rings (SSSR count). The van der Waals surface area contributed by atoms with Crippen LogP contribution in [0, 0.1) is 0 Å². The predicted octanol–water partition coefficient (Wildman–Crippen LogP) is 3.34. The molecule has 2 aliphatic heterocycles. The van der Waals surface area contributed by atoms with Gasteiger partial charge in [0.2, 0.25) is 0 Å². The van der Waals surface area contributed by atoms with E-state index in [-0.39, 0.29) is 5.54 Å². The molecule has 2 aromatic rings. The van der Waals surface area contributed by atoms with E-state index in [9.17, 15) is 0 Å². The van der Waals surface area contributed by atoms with E-state index in [1.165, 1.54) is 43.7 Å². The third-order valence-electron chi connectivity index (χ3n) is 5.01. The minimum absolute atomic E-state index is 0.285. The van der Waals surface area contributed by atoms with Gasteiger partial charge in [0.05, 0.1) is 0 Å². The molecule has 1 saturated heterocycles. The minimum atomic E-state index is 0.285. The zero-order valence-corrected chi connectivity index (χ0v) is 11.5. The van der Waals surface area contributed by atoms with E-state index in [1.807, 2.05) is 0 Å². The van der Waals surface area contributed by atoms with E-state index < -0.39 is 0 Å². The Morgan fingerprint density at radius 1 is 1.05 bits per heavy atom. The Balaban J connectivity index is 1.85. The van der Waals surface area contributed by atoms with Crippen LogP contribution in [0.3, 0.4) is 0 Å². The lowest BCUT2D eigenvalue weighted by Crippen LogP contribution is -2.44. The molecule has 2 heteroatoms. The highest BCUT2D eigenvalue weighted by Gasteiger charge is 2.42. The van der Waals surface area contributed by atoms with Gasteiger partial charge in [-0.1, -0.05) is 18.2 Å². The lowest BCUT2D eigenvalue weighted by molar-refractivity contribution is 0.142. The summed E-state index contributed by atoms with van der Waals surface area (Å²) in [5.74, 6) is 0. The van der Waals surface area contributed by atoms with E-state index in [1.54, 1.807) is 5.56 Å². The van der Waals surface area contributed by atoms with Crippen molar-refractivity contribution in [3.63, 3.8) is 0 Å². The molecule has 0 spiro atoms. The fourth-order valence-corrected chi connectivity index (χ4v) is 3.96. The molecule has 1 atom stereocenters. The van der Waals surface area contributed by atoms with E-state index >= 15 is 0 Å². The Bertz CT molecular complexity index is 599. The predicted molar refractivity (Wildman–Crippen MR) is 77.6 cm³/mol. The fourth-order valence-electron chi connectivity index (χ4n) is 3.96. The standard InChI is InChI=1S/C17H20N2/c1-17-10-5-11-18(17)12-9-16-15(17)8-13-19(16)14-6-3-2-4-7-14/h2-4,6-8,13H,5,9-12H2,1H3. The van der Waals surface area contributed by atoms with E-state index in [2.05, 4.69) is 59.0 Å². The van der Waals surface area contributed by atoms with Crippen molar-refractivity contribution in [1.82, 2.24) is 9.47 Å². The first kappa shape index (κ1) is 11.3. The lowest BCUT2D eigenvalue weighted by atomic mass is 9.85. The van der Waals surface area contributed by atoms with Crippen molar-refractivity contribution in [2.45, 2.75) is 31.7 Å². The summed E-state index contributed by atoms with van der Waals surface area (Å²) in [6.45, 7) is 4.90. The second-order valence-corrected chi connectivity index (χ2v) is 6.00. The quantitative estimate of drug-likeness (QED) is 0.755. The summed E-state index contributed by atoms with van der Waals surface area (Å²) in [5, 5.41) is 0. The lowest BCUT2D eigenvalue weighted by Gasteiger charge is -2.40. The second kappa shape index (κ2) is 3.97. The molecule has 3 heterocycles. The van der Waals surface area contributed by atoms with Crippen molar-refractivity contribution in [2.24, 2.45) is 0 Å². The monoisotopic (exact) mass is 252 g/mol. The second-order valence-electron chi connectivity index (χ2n) is 6.00. The first-order valence-electron chi connectivity index (χ1n) is 7.30. The van der Waals surface area contributed by atoms with Crippen molar-refractivity contribution in [3.05, 3.63) is 53.9 Å². The van der Waals surface area contributed by atoms with Crippen LogP contribution in [0.25, 0.3) is 5.69 Å². The third-order valence-corrected chi connectivity index (χ3v) is 5.01. The van der Waals surface area contributed by atoms with Gasteiger partial charge in [0.25, 0.3) is 0 Å².